The Bertz CT molecular complexity index is 611. The molecule has 0 spiro atoms. The first-order valence-electron chi connectivity index (χ1n) is 8.15. The zero-order chi connectivity index (χ0) is 15.5. The van der Waals surface area contributed by atoms with Crippen LogP contribution in [0, 0.1) is 0 Å². The summed E-state index contributed by atoms with van der Waals surface area (Å²) in [5, 5.41) is 13.1. The van der Waals surface area contributed by atoms with E-state index in [0.29, 0.717) is 0 Å². The van der Waals surface area contributed by atoms with Crippen molar-refractivity contribution < 1.29 is 9.90 Å². The van der Waals surface area contributed by atoms with Gasteiger partial charge in [-0.05, 0) is 45.1 Å². The lowest BCUT2D eigenvalue weighted by Crippen LogP contribution is -2.46. The molecule has 0 radical (unpaired) electrons. The SMILES string of the molecule is O=C(C[C@H]1NCCC[C@H]1O)Cn1cnc2c(c1=O)CCCC2. The van der Waals surface area contributed by atoms with Crippen LogP contribution < -0.4 is 10.9 Å². The summed E-state index contributed by atoms with van der Waals surface area (Å²) in [5.74, 6) is -0.0434. The predicted molar refractivity (Wildman–Crippen MR) is 81.8 cm³/mol. The predicted octanol–water partition coefficient (Wildman–Crippen LogP) is 0.194. The average molecular weight is 305 g/mol. The van der Waals surface area contributed by atoms with E-state index in [9.17, 15) is 14.7 Å². The smallest absolute Gasteiger partial charge is 0.257 e. The summed E-state index contributed by atoms with van der Waals surface area (Å²) in [5.41, 5.74) is 1.59. The summed E-state index contributed by atoms with van der Waals surface area (Å²) in [4.78, 5) is 29.0. The zero-order valence-corrected chi connectivity index (χ0v) is 12.8. The minimum Gasteiger partial charge on any atom is -0.391 e. The molecule has 2 atom stereocenters. The Morgan fingerprint density at radius 2 is 2.18 bits per heavy atom. The van der Waals surface area contributed by atoms with Crippen molar-refractivity contribution in [1.29, 1.82) is 0 Å². The van der Waals surface area contributed by atoms with E-state index in [1.807, 2.05) is 0 Å². The van der Waals surface area contributed by atoms with Gasteiger partial charge in [0.05, 0.1) is 24.7 Å². The summed E-state index contributed by atoms with van der Waals surface area (Å²) < 4.78 is 1.42. The fourth-order valence-electron chi connectivity index (χ4n) is 3.38. The highest BCUT2D eigenvalue weighted by Crippen LogP contribution is 2.15. The third kappa shape index (κ3) is 3.28. The number of piperidine rings is 1. The van der Waals surface area contributed by atoms with Crippen LogP contribution in [0.1, 0.15) is 43.4 Å². The summed E-state index contributed by atoms with van der Waals surface area (Å²) in [6, 6.07) is -0.192. The molecule has 2 aliphatic rings. The minimum atomic E-state index is -0.476. The molecule has 0 saturated carbocycles. The molecule has 0 aromatic carbocycles. The molecular weight excluding hydrogens is 282 g/mol. The summed E-state index contributed by atoms with van der Waals surface area (Å²) in [6.07, 6.45) is 6.64. The molecule has 1 aromatic rings. The van der Waals surface area contributed by atoms with Crippen LogP contribution in [0.25, 0.3) is 0 Å². The van der Waals surface area contributed by atoms with Gasteiger partial charge in [0.25, 0.3) is 5.56 Å². The maximum absolute atomic E-state index is 12.4. The van der Waals surface area contributed by atoms with Crippen molar-refractivity contribution >= 4 is 5.78 Å². The molecular formula is C16H23N3O3. The number of rotatable bonds is 4. The fraction of sp³-hybridized carbons (Fsp3) is 0.688. The quantitative estimate of drug-likeness (QED) is 0.830. The molecule has 6 heteroatoms. The molecule has 0 unspecified atom stereocenters. The van der Waals surface area contributed by atoms with Crippen molar-refractivity contribution in [2.24, 2.45) is 0 Å². The Morgan fingerprint density at radius 1 is 1.36 bits per heavy atom. The second-order valence-electron chi connectivity index (χ2n) is 6.32. The van der Waals surface area contributed by atoms with E-state index >= 15 is 0 Å². The first-order valence-corrected chi connectivity index (χ1v) is 8.15. The van der Waals surface area contributed by atoms with Crippen LogP contribution in [0.5, 0.6) is 0 Å². The topological polar surface area (TPSA) is 84.2 Å². The monoisotopic (exact) mass is 305 g/mol. The molecule has 0 amide bonds. The number of aromatic nitrogens is 2. The highest BCUT2D eigenvalue weighted by Gasteiger charge is 2.25. The van der Waals surface area contributed by atoms with Gasteiger partial charge in [-0.1, -0.05) is 0 Å². The molecule has 1 fully saturated rings. The van der Waals surface area contributed by atoms with Crippen LogP contribution in [0.3, 0.4) is 0 Å². The van der Waals surface area contributed by atoms with Gasteiger partial charge in [0.2, 0.25) is 0 Å². The zero-order valence-electron chi connectivity index (χ0n) is 12.8. The molecule has 3 rings (SSSR count). The van der Waals surface area contributed by atoms with E-state index in [0.717, 1.165) is 56.3 Å². The summed E-state index contributed by atoms with van der Waals surface area (Å²) in [7, 11) is 0. The molecule has 1 aliphatic carbocycles. The molecule has 0 bridgehead atoms. The second kappa shape index (κ2) is 6.71. The van der Waals surface area contributed by atoms with Crippen LogP contribution in [0.15, 0.2) is 11.1 Å². The third-order valence-electron chi connectivity index (χ3n) is 4.65. The number of nitrogens with one attached hydrogen (secondary N) is 1. The molecule has 1 saturated heterocycles. The van der Waals surface area contributed by atoms with Gasteiger partial charge in [-0.15, -0.1) is 0 Å². The highest BCUT2D eigenvalue weighted by molar-refractivity contribution is 5.78. The van der Waals surface area contributed by atoms with E-state index < -0.39 is 6.10 Å². The lowest BCUT2D eigenvalue weighted by Gasteiger charge is -2.28. The first kappa shape index (κ1) is 15.4. The van der Waals surface area contributed by atoms with Gasteiger partial charge in [-0.25, -0.2) is 4.98 Å². The van der Waals surface area contributed by atoms with E-state index in [-0.39, 0.29) is 30.3 Å². The van der Waals surface area contributed by atoms with Crippen molar-refractivity contribution in [1.82, 2.24) is 14.9 Å². The molecule has 1 aliphatic heterocycles. The maximum Gasteiger partial charge on any atom is 0.257 e. The first-order chi connectivity index (χ1) is 10.6. The molecule has 6 nitrogen and oxygen atoms in total. The average Bonchev–Trinajstić information content (AvgIpc) is 2.53. The van der Waals surface area contributed by atoms with Gasteiger partial charge in [0.15, 0.2) is 5.78 Å². The largest absolute Gasteiger partial charge is 0.391 e. The van der Waals surface area contributed by atoms with Gasteiger partial charge < -0.3 is 10.4 Å². The number of aryl methyl sites for hydroxylation is 1. The third-order valence-corrected chi connectivity index (χ3v) is 4.65. The van der Waals surface area contributed by atoms with Gasteiger partial charge in [0, 0.05) is 18.0 Å². The molecule has 22 heavy (non-hydrogen) atoms. The molecule has 1 aromatic heterocycles. The van der Waals surface area contributed by atoms with E-state index in [2.05, 4.69) is 10.3 Å². The summed E-state index contributed by atoms with van der Waals surface area (Å²) >= 11 is 0. The van der Waals surface area contributed by atoms with E-state index in [4.69, 9.17) is 0 Å². The van der Waals surface area contributed by atoms with Gasteiger partial charge >= 0.3 is 0 Å². The van der Waals surface area contributed by atoms with Gasteiger partial charge in [0.1, 0.15) is 0 Å². The Hall–Kier alpha value is -1.53. The number of hydrogen-bond acceptors (Lipinski definition) is 5. The van der Waals surface area contributed by atoms with Gasteiger partial charge in [-0.3, -0.25) is 14.2 Å². The van der Waals surface area contributed by atoms with Crippen LogP contribution in [0.4, 0.5) is 0 Å². The van der Waals surface area contributed by atoms with Crippen molar-refractivity contribution in [3.05, 3.63) is 27.9 Å². The number of aliphatic hydroxyl groups is 1. The number of fused-ring (bicyclic) bond motifs is 1. The Balaban J connectivity index is 1.68. The van der Waals surface area contributed by atoms with Crippen LogP contribution in [0.2, 0.25) is 0 Å². The maximum atomic E-state index is 12.4. The number of Topliss-reactive ketones (excluding diaryl/α,β-unsaturated/α-hetero) is 1. The van der Waals surface area contributed by atoms with E-state index in [1.54, 1.807) is 0 Å². The highest BCUT2D eigenvalue weighted by atomic mass is 16.3. The second-order valence-corrected chi connectivity index (χ2v) is 6.32. The van der Waals surface area contributed by atoms with Crippen molar-refractivity contribution in [2.45, 2.75) is 63.6 Å². The van der Waals surface area contributed by atoms with Crippen LogP contribution in [-0.4, -0.2) is 39.1 Å². The van der Waals surface area contributed by atoms with Gasteiger partial charge in [-0.2, -0.15) is 0 Å². The standard InChI is InChI=1S/C16H23N3O3/c20-11(8-14-15(21)6-3-7-17-14)9-19-10-18-13-5-2-1-4-12(13)16(19)22/h10,14-15,17,21H,1-9H2/t14-,15-/m1/s1. The van der Waals surface area contributed by atoms with Crippen LogP contribution >= 0.6 is 0 Å². The van der Waals surface area contributed by atoms with E-state index in [1.165, 1.54) is 10.9 Å². The number of nitrogens with zero attached hydrogens (tertiary/aromatic N) is 2. The lowest BCUT2D eigenvalue weighted by molar-refractivity contribution is -0.121. The van der Waals surface area contributed by atoms with Crippen molar-refractivity contribution in [3.63, 3.8) is 0 Å². The molecule has 120 valence electrons. The number of carbonyl (C=O) groups is 1. The number of aliphatic hydroxyl groups excluding tert-OH is 1. The number of ketones is 1. The Labute approximate surface area is 129 Å². The fourth-order valence-corrected chi connectivity index (χ4v) is 3.38. The number of hydrogen-bond donors (Lipinski definition) is 2. The van der Waals surface area contributed by atoms with Crippen molar-refractivity contribution in [2.75, 3.05) is 6.54 Å². The number of carbonyl (C=O) groups excluding carboxylic acids is 1. The lowest BCUT2D eigenvalue weighted by atomic mass is 9.96. The Morgan fingerprint density at radius 3 is 3.00 bits per heavy atom. The Kier molecular flexibility index (Phi) is 4.69. The normalized spacial score (nSPS) is 24.8. The summed E-state index contributed by atoms with van der Waals surface area (Å²) in [6.45, 7) is 0.874. The van der Waals surface area contributed by atoms with Crippen molar-refractivity contribution in [3.8, 4) is 0 Å². The minimum absolute atomic E-state index is 0.0434. The molecule has 2 heterocycles. The molecule has 2 N–H and O–H groups in total. The van der Waals surface area contributed by atoms with Crippen LogP contribution in [-0.2, 0) is 24.2 Å².